The minimum absolute atomic E-state index is 0.132. The van der Waals surface area contributed by atoms with Crippen LogP contribution in [-0.2, 0) is 38.4 Å². The molecule has 0 aromatic carbocycles. The van der Waals surface area contributed by atoms with Crippen LogP contribution in [0.5, 0.6) is 0 Å². The Morgan fingerprint density at radius 2 is 0.577 bits per heavy atom. The third-order valence-corrected chi connectivity index (χ3v) is 12.3. The van der Waals surface area contributed by atoms with Gasteiger partial charge in [0.25, 0.3) is 23.6 Å². The quantitative estimate of drug-likeness (QED) is 0.0349. The van der Waals surface area contributed by atoms with E-state index in [-0.39, 0.29) is 38.5 Å². The Kier molecular flexibility index (Phi) is 27.7. The summed E-state index contributed by atoms with van der Waals surface area (Å²) >= 11 is 0. The minimum atomic E-state index is -0.488. The summed E-state index contributed by atoms with van der Waals surface area (Å²) in [6.45, 7) is 0. The topological polar surface area (TPSA) is 127 Å². The van der Waals surface area contributed by atoms with Crippen molar-refractivity contribution in [2.45, 2.75) is 205 Å². The number of hydrogen-bond donors (Lipinski definition) is 0. The number of carbonyl (C=O) groups excluding carboxylic acids is 6. The van der Waals surface area contributed by atoms with Gasteiger partial charge in [-0.3, -0.25) is 19.2 Å². The van der Waals surface area contributed by atoms with Gasteiger partial charge in [0.2, 0.25) is 0 Å². The van der Waals surface area contributed by atoms with Gasteiger partial charge in [-0.1, -0.05) is 163 Å². The van der Waals surface area contributed by atoms with E-state index in [1.807, 2.05) is 0 Å². The van der Waals surface area contributed by atoms with E-state index in [9.17, 15) is 28.8 Å². The van der Waals surface area contributed by atoms with Crippen LogP contribution in [0.3, 0.4) is 0 Å². The van der Waals surface area contributed by atoms with Gasteiger partial charge < -0.3 is 9.68 Å². The molecule has 12 heteroatoms. The first kappa shape index (κ1) is 46.1. The van der Waals surface area contributed by atoms with E-state index in [4.69, 9.17) is 9.68 Å². The molecule has 0 N–H and O–H groups in total. The number of rotatable bonds is 35. The molecule has 298 valence electrons. The summed E-state index contributed by atoms with van der Waals surface area (Å²) in [6, 6.07) is 0. The Bertz CT molecular complexity index is 931. The Morgan fingerprint density at radius 3 is 0.827 bits per heavy atom. The van der Waals surface area contributed by atoms with Crippen LogP contribution in [0.25, 0.3) is 0 Å². The lowest BCUT2D eigenvalue weighted by molar-refractivity contribution is -0.197. The number of hydroxylamine groups is 4. The van der Waals surface area contributed by atoms with Crippen molar-refractivity contribution in [3.63, 3.8) is 0 Å². The second-order valence-corrected chi connectivity index (χ2v) is 17.1. The molecular formula is C40H68N2O8S2. The number of carbonyl (C=O) groups is 6. The predicted octanol–water partition coefficient (Wildman–Crippen LogP) is 10.5. The average molecular weight is 769 g/mol. The maximum atomic E-state index is 11.8. The molecular weight excluding hydrogens is 701 g/mol. The zero-order valence-electron chi connectivity index (χ0n) is 32.0. The minimum Gasteiger partial charge on any atom is -0.330 e. The summed E-state index contributed by atoms with van der Waals surface area (Å²) in [6.07, 6.45) is 33.1. The average Bonchev–Trinajstić information content (AvgIpc) is 3.62. The molecule has 0 radical (unpaired) electrons. The fourth-order valence-corrected chi connectivity index (χ4v) is 8.77. The molecule has 0 bridgehead atoms. The summed E-state index contributed by atoms with van der Waals surface area (Å²) in [4.78, 5) is 79.3. The van der Waals surface area contributed by atoms with Crippen LogP contribution in [0.15, 0.2) is 0 Å². The van der Waals surface area contributed by atoms with Crippen LogP contribution in [0.4, 0.5) is 0 Å². The number of hydrogen-bond acceptors (Lipinski definition) is 10. The van der Waals surface area contributed by atoms with Crippen LogP contribution >= 0.6 is 21.6 Å². The molecule has 2 saturated heterocycles. The van der Waals surface area contributed by atoms with Gasteiger partial charge >= 0.3 is 11.9 Å². The predicted molar refractivity (Wildman–Crippen MR) is 209 cm³/mol. The van der Waals surface area contributed by atoms with Crippen LogP contribution in [0.2, 0.25) is 0 Å². The summed E-state index contributed by atoms with van der Waals surface area (Å²) in [5.74, 6) is -0.0973. The van der Waals surface area contributed by atoms with E-state index in [0.717, 1.165) is 38.5 Å². The maximum absolute atomic E-state index is 11.8. The maximum Gasteiger partial charge on any atom is 0.333 e. The molecule has 2 rings (SSSR count). The highest BCUT2D eigenvalue weighted by Crippen LogP contribution is 2.25. The molecule has 4 amide bonds. The van der Waals surface area contributed by atoms with E-state index < -0.39 is 35.6 Å². The highest BCUT2D eigenvalue weighted by molar-refractivity contribution is 8.76. The lowest BCUT2D eigenvalue weighted by Gasteiger charge is -2.12. The first-order valence-electron chi connectivity index (χ1n) is 20.8. The van der Waals surface area contributed by atoms with Crippen LogP contribution in [0.1, 0.15) is 205 Å². The summed E-state index contributed by atoms with van der Waals surface area (Å²) in [5, 5.41) is 1.27. The molecule has 0 atom stereocenters. The van der Waals surface area contributed by atoms with Gasteiger partial charge in [-0.05, 0) is 25.7 Å². The van der Waals surface area contributed by atoms with Crippen molar-refractivity contribution in [1.29, 1.82) is 0 Å². The van der Waals surface area contributed by atoms with Crippen molar-refractivity contribution < 1.29 is 38.4 Å². The first-order chi connectivity index (χ1) is 25.4. The second-order valence-electron chi connectivity index (χ2n) is 14.4. The molecule has 2 heterocycles. The van der Waals surface area contributed by atoms with Crippen molar-refractivity contribution in [3.8, 4) is 0 Å². The normalized spacial score (nSPS) is 14.6. The van der Waals surface area contributed by atoms with Crippen molar-refractivity contribution in [2.24, 2.45) is 0 Å². The molecule has 0 unspecified atom stereocenters. The second kappa shape index (κ2) is 31.3. The van der Waals surface area contributed by atoms with Gasteiger partial charge in [0.05, 0.1) is 0 Å². The smallest absolute Gasteiger partial charge is 0.330 e. The van der Waals surface area contributed by atoms with Gasteiger partial charge in [-0.2, -0.15) is 0 Å². The van der Waals surface area contributed by atoms with Crippen molar-refractivity contribution in [1.82, 2.24) is 10.1 Å². The van der Waals surface area contributed by atoms with Crippen molar-refractivity contribution in [2.75, 3.05) is 11.5 Å². The largest absolute Gasteiger partial charge is 0.333 e. The summed E-state index contributed by atoms with van der Waals surface area (Å²) < 4.78 is 0. The molecule has 0 spiro atoms. The summed E-state index contributed by atoms with van der Waals surface area (Å²) in [7, 11) is 4.12. The van der Waals surface area contributed by atoms with E-state index in [2.05, 4.69) is 21.6 Å². The third-order valence-electron chi connectivity index (χ3n) is 9.70. The number of nitrogens with zero attached hydrogens (tertiary/aromatic N) is 2. The number of imide groups is 2. The van der Waals surface area contributed by atoms with Crippen LogP contribution < -0.4 is 0 Å². The zero-order valence-corrected chi connectivity index (χ0v) is 33.7. The fourth-order valence-electron chi connectivity index (χ4n) is 6.48. The monoisotopic (exact) mass is 768 g/mol. The molecule has 2 aliphatic rings. The molecule has 10 nitrogen and oxygen atoms in total. The van der Waals surface area contributed by atoms with E-state index in [0.29, 0.717) is 10.1 Å². The Labute approximate surface area is 321 Å². The Morgan fingerprint density at radius 1 is 0.365 bits per heavy atom. The molecule has 0 aliphatic carbocycles. The SMILES string of the molecule is O=C(CCCCCCCCCCCCCCCSSCCCCCCCCCCCCCCCC(=O)ON1C(=O)CCC1=O)ON1C(=O)CCC1=O. The zero-order chi connectivity index (χ0) is 37.5. The number of amides is 4. The van der Waals surface area contributed by atoms with E-state index >= 15 is 0 Å². The van der Waals surface area contributed by atoms with E-state index in [1.54, 1.807) is 0 Å². The highest BCUT2D eigenvalue weighted by Gasteiger charge is 2.33. The van der Waals surface area contributed by atoms with Crippen LogP contribution in [0, 0.1) is 0 Å². The lowest BCUT2D eigenvalue weighted by atomic mass is 10.0. The molecule has 2 aliphatic heterocycles. The lowest BCUT2D eigenvalue weighted by Crippen LogP contribution is -2.31. The van der Waals surface area contributed by atoms with Gasteiger partial charge in [-0.25, -0.2) is 9.59 Å². The molecule has 0 saturated carbocycles. The Balaban J connectivity index is 1.17. The summed E-state index contributed by atoms with van der Waals surface area (Å²) in [5.41, 5.74) is 0. The molecule has 52 heavy (non-hydrogen) atoms. The highest BCUT2D eigenvalue weighted by atomic mass is 33.1. The van der Waals surface area contributed by atoms with Gasteiger partial charge in [0.15, 0.2) is 0 Å². The fraction of sp³-hybridized carbons (Fsp3) is 0.850. The Hall–Kier alpha value is -2.08. The van der Waals surface area contributed by atoms with Crippen LogP contribution in [-0.4, -0.2) is 57.2 Å². The standard InChI is InChI=1S/C40H68N2O8S2/c43-35-29-30-36(44)41(35)49-39(47)27-23-19-15-11-7-3-1-5-9-13-17-21-25-33-51-52-34-26-22-18-14-10-6-2-4-8-12-16-20-24-28-40(48)50-42-37(45)31-32-38(42)46/h1-34H2. The number of unbranched alkanes of at least 4 members (excludes halogenated alkanes) is 24. The van der Waals surface area contributed by atoms with Gasteiger partial charge in [0.1, 0.15) is 0 Å². The van der Waals surface area contributed by atoms with Gasteiger partial charge in [0, 0.05) is 50.0 Å². The first-order valence-corrected chi connectivity index (χ1v) is 23.2. The molecule has 2 fully saturated rings. The van der Waals surface area contributed by atoms with Crippen molar-refractivity contribution in [3.05, 3.63) is 0 Å². The third kappa shape index (κ3) is 23.6. The van der Waals surface area contributed by atoms with Crippen molar-refractivity contribution >= 4 is 57.2 Å². The van der Waals surface area contributed by atoms with E-state index in [1.165, 1.54) is 140 Å². The molecule has 0 aromatic heterocycles. The molecule has 0 aromatic rings. The van der Waals surface area contributed by atoms with Gasteiger partial charge in [-0.15, -0.1) is 10.1 Å².